The van der Waals surface area contributed by atoms with E-state index in [0.717, 1.165) is 5.56 Å². The van der Waals surface area contributed by atoms with Crippen LogP contribution in [0, 0.1) is 0 Å². The van der Waals surface area contributed by atoms with E-state index in [2.05, 4.69) is 0 Å². The number of benzene rings is 1. The predicted octanol–water partition coefficient (Wildman–Crippen LogP) is 0.287. The maximum Gasteiger partial charge on any atom is 0.176 e. The van der Waals surface area contributed by atoms with Crippen molar-refractivity contribution in [1.82, 2.24) is 0 Å². The average Bonchev–Trinajstić information content (AvgIpc) is 2.16. The number of Topliss-reactive ketones (excluding diaryl/α,β-unsaturated/α-hetero) is 1. The van der Waals surface area contributed by atoms with Crippen LogP contribution in [0.2, 0.25) is 0 Å². The molecule has 0 saturated heterocycles. The lowest BCUT2D eigenvalue weighted by Crippen LogP contribution is -2.16. The number of rotatable bonds is 3. The van der Waals surface area contributed by atoms with Crippen LogP contribution in [0.3, 0.4) is 0 Å². The molecule has 0 radical (unpaired) electrons. The Labute approximate surface area is 71.4 Å². The third-order valence-corrected chi connectivity index (χ3v) is 1.72. The molecule has 3 heteroatoms. The molecule has 0 unspecified atom stereocenters. The van der Waals surface area contributed by atoms with Gasteiger partial charge in [-0.1, -0.05) is 24.3 Å². The van der Waals surface area contributed by atoms with E-state index >= 15 is 0 Å². The fourth-order valence-electron chi connectivity index (χ4n) is 1.08. The van der Waals surface area contributed by atoms with Gasteiger partial charge in [0.25, 0.3) is 0 Å². The minimum atomic E-state index is -0.0592. The summed E-state index contributed by atoms with van der Waals surface area (Å²) in [5.41, 5.74) is 12.2. The number of nitrogens with two attached hydrogens (primary N) is 2. The zero-order chi connectivity index (χ0) is 8.97. The molecule has 64 valence electrons. The average molecular weight is 164 g/mol. The molecule has 4 N–H and O–H groups in total. The minimum Gasteiger partial charge on any atom is -0.326 e. The summed E-state index contributed by atoms with van der Waals surface area (Å²) in [5.74, 6) is -0.0592. The SMILES string of the molecule is NCC(=O)c1ccccc1CN. The molecule has 0 aromatic heterocycles. The quantitative estimate of drug-likeness (QED) is 0.631. The summed E-state index contributed by atoms with van der Waals surface area (Å²) in [6.07, 6.45) is 0. The summed E-state index contributed by atoms with van der Waals surface area (Å²) in [6.45, 7) is 0.416. The van der Waals surface area contributed by atoms with E-state index in [1.54, 1.807) is 6.07 Å². The first-order chi connectivity index (χ1) is 5.79. The van der Waals surface area contributed by atoms with Gasteiger partial charge in [-0.3, -0.25) is 4.79 Å². The molecule has 1 rings (SSSR count). The normalized spacial score (nSPS) is 9.83. The van der Waals surface area contributed by atoms with Gasteiger partial charge in [-0.2, -0.15) is 0 Å². The number of hydrogen-bond donors (Lipinski definition) is 2. The van der Waals surface area contributed by atoms with Gasteiger partial charge in [-0.25, -0.2) is 0 Å². The second-order valence-electron chi connectivity index (χ2n) is 2.49. The molecule has 1 aromatic carbocycles. The lowest BCUT2D eigenvalue weighted by Gasteiger charge is -2.03. The van der Waals surface area contributed by atoms with Crippen LogP contribution >= 0.6 is 0 Å². The monoisotopic (exact) mass is 164 g/mol. The maximum absolute atomic E-state index is 11.2. The van der Waals surface area contributed by atoms with E-state index in [1.807, 2.05) is 18.2 Å². The highest BCUT2D eigenvalue weighted by molar-refractivity contribution is 5.98. The molecule has 0 atom stereocenters. The molecule has 0 aliphatic carbocycles. The van der Waals surface area contributed by atoms with Crippen molar-refractivity contribution in [2.24, 2.45) is 11.5 Å². The summed E-state index contributed by atoms with van der Waals surface area (Å²) in [5, 5.41) is 0. The molecule has 12 heavy (non-hydrogen) atoms. The fourth-order valence-corrected chi connectivity index (χ4v) is 1.08. The van der Waals surface area contributed by atoms with E-state index in [1.165, 1.54) is 0 Å². The highest BCUT2D eigenvalue weighted by Crippen LogP contribution is 2.07. The van der Waals surface area contributed by atoms with Gasteiger partial charge in [0.1, 0.15) is 0 Å². The Morgan fingerprint density at radius 1 is 1.25 bits per heavy atom. The number of carbonyl (C=O) groups excluding carboxylic acids is 1. The lowest BCUT2D eigenvalue weighted by molar-refractivity contribution is 0.100. The van der Waals surface area contributed by atoms with Crippen LogP contribution in [-0.2, 0) is 6.54 Å². The molecule has 0 amide bonds. The van der Waals surface area contributed by atoms with Crippen molar-refractivity contribution in [2.75, 3.05) is 6.54 Å². The van der Waals surface area contributed by atoms with Crippen LogP contribution in [0.5, 0.6) is 0 Å². The standard InChI is InChI=1S/C9H12N2O/c10-5-7-3-1-2-4-8(7)9(12)6-11/h1-4H,5-6,10-11H2. The van der Waals surface area contributed by atoms with Gasteiger partial charge in [-0.05, 0) is 5.56 Å². The third kappa shape index (κ3) is 1.69. The molecule has 0 heterocycles. The van der Waals surface area contributed by atoms with Gasteiger partial charge in [-0.15, -0.1) is 0 Å². The summed E-state index contributed by atoms with van der Waals surface area (Å²) >= 11 is 0. The summed E-state index contributed by atoms with van der Waals surface area (Å²) in [7, 11) is 0. The first-order valence-corrected chi connectivity index (χ1v) is 3.81. The van der Waals surface area contributed by atoms with Crippen molar-refractivity contribution in [1.29, 1.82) is 0 Å². The van der Waals surface area contributed by atoms with Crippen molar-refractivity contribution in [3.8, 4) is 0 Å². The third-order valence-electron chi connectivity index (χ3n) is 1.72. The van der Waals surface area contributed by atoms with Crippen molar-refractivity contribution >= 4 is 5.78 Å². The topological polar surface area (TPSA) is 69.1 Å². The second-order valence-corrected chi connectivity index (χ2v) is 2.49. The molecule has 3 nitrogen and oxygen atoms in total. The van der Waals surface area contributed by atoms with Gasteiger partial charge < -0.3 is 11.5 Å². The van der Waals surface area contributed by atoms with E-state index in [9.17, 15) is 4.79 Å². The van der Waals surface area contributed by atoms with E-state index in [-0.39, 0.29) is 12.3 Å². The van der Waals surface area contributed by atoms with Gasteiger partial charge in [0.2, 0.25) is 0 Å². The Hall–Kier alpha value is -1.19. The zero-order valence-electron chi connectivity index (χ0n) is 6.79. The number of ketones is 1. The number of carbonyl (C=O) groups is 1. The summed E-state index contributed by atoms with van der Waals surface area (Å²) in [4.78, 5) is 11.2. The summed E-state index contributed by atoms with van der Waals surface area (Å²) < 4.78 is 0. The molecule has 0 spiro atoms. The summed E-state index contributed by atoms with van der Waals surface area (Å²) in [6, 6.07) is 7.25. The molecule has 0 aliphatic heterocycles. The fraction of sp³-hybridized carbons (Fsp3) is 0.222. The van der Waals surface area contributed by atoms with Crippen molar-refractivity contribution in [3.05, 3.63) is 35.4 Å². The van der Waals surface area contributed by atoms with E-state index in [4.69, 9.17) is 11.5 Å². The second kappa shape index (κ2) is 3.99. The molecule has 0 aliphatic rings. The Bertz CT molecular complexity index is 284. The maximum atomic E-state index is 11.2. The van der Waals surface area contributed by atoms with Gasteiger partial charge in [0.15, 0.2) is 5.78 Å². The Morgan fingerprint density at radius 3 is 2.50 bits per heavy atom. The Balaban J connectivity index is 3.04. The first-order valence-electron chi connectivity index (χ1n) is 3.81. The molecule has 0 fully saturated rings. The van der Waals surface area contributed by atoms with Gasteiger partial charge in [0, 0.05) is 12.1 Å². The van der Waals surface area contributed by atoms with Crippen LogP contribution < -0.4 is 11.5 Å². The van der Waals surface area contributed by atoms with Crippen LogP contribution in [0.15, 0.2) is 24.3 Å². The van der Waals surface area contributed by atoms with Crippen LogP contribution in [-0.4, -0.2) is 12.3 Å². The van der Waals surface area contributed by atoms with E-state index < -0.39 is 0 Å². The highest BCUT2D eigenvalue weighted by Gasteiger charge is 2.06. The van der Waals surface area contributed by atoms with Crippen molar-refractivity contribution in [3.63, 3.8) is 0 Å². The van der Waals surface area contributed by atoms with Gasteiger partial charge >= 0.3 is 0 Å². The zero-order valence-corrected chi connectivity index (χ0v) is 6.79. The first kappa shape index (κ1) is 8.90. The molecule has 0 bridgehead atoms. The molecule has 1 aromatic rings. The van der Waals surface area contributed by atoms with Crippen molar-refractivity contribution < 1.29 is 4.79 Å². The Morgan fingerprint density at radius 2 is 1.92 bits per heavy atom. The molecular formula is C9H12N2O. The Kier molecular flexibility index (Phi) is 2.96. The largest absolute Gasteiger partial charge is 0.326 e. The van der Waals surface area contributed by atoms with Crippen molar-refractivity contribution in [2.45, 2.75) is 6.54 Å². The van der Waals surface area contributed by atoms with Gasteiger partial charge in [0.05, 0.1) is 6.54 Å². The lowest BCUT2D eigenvalue weighted by atomic mass is 10.0. The van der Waals surface area contributed by atoms with Crippen LogP contribution in [0.1, 0.15) is 15.9 Å². The van der Waals surface area contributed by atoms with Crippen LogP contribution in [0.25, 0.3) is 0 Å². The predicted molar refractivity (Wildman–Crippen MR) is 47.7 cm³/mol. The molecular weight excluding hydrogens is 152 g/mol. The smallest absolute Gasteiger partial charge is 0.176 e. The minimum absolute atomic E-state index is 0.0387. The van der Waals surface area contributed by atoms with E-state index in [0.29, 0.717) is 12.1 Å². The number of hydrogen-bond acceptors (Lipinski definition) is 3. The molecule has 0 saturated carbocycles. The van der Waals surface area contributed by atoms with Crippen LogP contribution in [0.4, 0.5) is 0 Å². The highest BCUT2D eigenvalue weighted by atomic mass is 16.1.